The molecule has 0 spiro atoms. The third-order valence-electron chi connectivity index (χ3n) is 3.34. The molecule has 3 nitrogen and oxygen atoms in total. The molecule has 0 radical (unpaired) electrons. The number of hydrogen-bond acceptors (Lipinski definition) is 2. The summed E-state index contributed by atoms with van der Waals surface area (Å²) in [6.07, 6.45) is 4.81. The molecule has 0 aromatic carbocycles. The Morgan fingerprint density at radius 1 is 1.47 bits per heavy atom. The van der Waals surface area contributed by atoms with Gasteiger partial charge in [-0.05, 0) is 33.2 Å². The smallest absolute Gasteiger partial charge is 0.114 e. The normalized spacial score (nSPS) is 18.1. The van der Waals surface area contributed by atoms with Crippen molar-refractivity contribution in [3.05, 3.63) is 17.2 Å². The van der Waals surface area contributed by atoms with Crippen LogP contribution in [0.2, 0.25) is 0 Å². The number of aromatic nitrogens is 2. The van der Waals surface area contributed by atoms with E-state index in [4.69, 9.17) is 4.98 Å². The lowest BCUT2D eigenvalue weighted by Gasteiger charge is -2.10. The maximum atomic E-state index is 4.76. The third kappa shape index (κ3) is 1.93. The zero-order valence-electron chi connectivity index (χ0n) is 9.98. The van der Waals surface area contributed by atoms with Gasteiger partial charge < -0.3 is 10.3 Å². The minimum Gasteiger partial charge on any atom is -0.345 e. The molecule has 1 aliphatic carbocycles. The van der Waals surface area contributed by atoms with Crippen LogP contribution in [0.25, 0.3) is 0 Å². The molecule has 2 rings (SSSR count). The van der Waals surface area contributed by atoms with Crippen LogP contribution in [0.4, 0.5) is 0 Å². The van der Waals surface area contributed by atoms with Crippen molar-refractivity contribution in [1.82, 2.24) is 15.3 Å². The molecule has 1 aromatic heterocycles. The molecule has 1 fully saturated rings. The molecular formula is C12H21N3. The van der Waals surface area contributed by atoms with Crippen LogP contribution < -0.4 is 5.32 Å². The van der Waals surface area contributed by atoms with Crippen LogP contribution in [0.3, 0.4) is 0 Å². The van der Waals surface area contributed by atoms with Gasteiger partial charge >= 0.3 is 0 Å². The first-order valence-electron chi connectivity index (χ1n) is 5.92. The lowest BCUT2D eigenvalue weighted by atomic mass is 10.1. The molecule has 15 heavy (non-hydrogen) atoms. The van der Waals surface area contributed by atoms with E-state index in [0.29, 0.717) is 5.41 Å². The molecule has 1 saturated carbocycles. The van der Waals surface area contributed by atoms with Crippen LogP contribution in [0, 0.1) is 6.92 Å². The van der Waals surface area contributed by atoms with Crippen LogP contribution in [0.5, 0.6) is 0 Å². The van der Waals surface area contributed by atoms with Crippen LogP contribution in [0.1, 0.15) is 43.4 Å². The molecule has 3 heteroatoms. The van der Waals surface area contributed by atoms with Crippen LogP contribution in [-0.2, 0) is 11.8 Å². The molecule has 0 unspecified atom stereocenters. The second kappa shape index (κ2) is 3.97. The van der Waals surface area contributed by atoms with Gasteiger partial charge in [0, 0.05) is 17.7 Å². The molecule has 0 atom stereocenters. The van der Waals surface area contributed by atoms with E-state index in [2.05, 4.69) is 24.1 Å². The van der Waals surface area contributed by atoms with Gasteiger partial charge in [-0.25, -0.2) is 4.98 Å². The highest BCUT2D eigenvalue weighted by molar-refractivity contribution is 5.25. The molecule has 84 valence electrons. The molecule has 0 bridgehead atoms. The second-order valence-corrected chi connectivity index (χ2v) is 4.72. The van der Waals surface area contributed by atoms with Gasteiger partial charge in [0.25, 0.3) is 0 Å². The first-order chi connectivity index (χ1) is 7.22. The third-order valence-corrected chi connectivity index (χ3v) is 3.34. The van der Waals surface area contributed by atoms with Crippen molar-refractivity contribution in [2.75, 3.05) is 13.6 Å². The number of nitrogens with zero attached hydrogens (tertiary/aromatic N) is 1. The fourth-order valence-corrected chi connectivity index (χ4v) is 2.21. The van der Waals surface area contributed by atoms with Crippen molar-refractivity contribution in [3.63, 3.8) is 0 Å². The zero-order chi connectivity index (χ0) is 10.9. The first kappa shape index (κ1) is 10.7. The van der Waals surface area contributed by atoms with Gasteiger partial charge in [0.1, 0.15) is 5.82 Å². The van der Waals surface area contributed by atoms with Crippen LogP contribution >= 0.6 is 0 Å². The molecule has 0 aliphatic heterocycles. The Kier molecular flexibility index (Phi) is 2.83. The number of imidazole rings is 1. The Balaban J connectivity index is 2.18. The standard InChI is InChI=1S/C12H21N3/c1-4-5-10-9(2)14-11(15-10)12(6-7-12)8-13-3/h13H,4-8H2,1-3H3,(H,14,15). The molecule has 0 amide bonds. The maximum Gasteiger partial charge on any atom is 0.114 e. The van der Waals surface area contributed by atoms with E-state index in [1.807, 2.05) is 7.05 Å². The number of likely N-dealkylation sites (N-methyl/N-ethyl adjacent to an activating group) is 1. The number of hydrogen-bond donors (Lipinski definition) is 2. The highest BCUT2D eigenvalue weighted by Crippen LogP contribution is 2.46. The topological polar surface area (TPSA) is 40.7 Å². The van der Waals surface area contributed by atoms with Crippen molar-refractivity contribution in [3.8, 4) is 0 Å². The van der Waals surface area contributed by atoms with Crippen LogP contribution in [-0.4, -0.2) is 23.6 Å². The highest BCUT2D eigenvalue weighted by Gasteiger charge is 2.46. The summed E-state index contributed by atoms with van der Waals surface area (Å²) in [4.78, 5) is 8.22. The Morgan fingerprint density at radius 2 is 2.20 bits per heavy atom. The summed E-state index contributed by atoms with van der Waals surface area (Å²) >= 11 is 0. The Bertz CT molecular complexity index is 337. The molecule has 1 aromatic rings. The summed E-state index contributed by atoms with van der Waals surface area (Å²) in [7, 11) is 2.02. The quantitative estimate of drug-likeness (QED) is 0.774. The summed E-state index contributed by atoms with van der Waals surface area (Å²) in [5.41, 5.74) is 2.84. The average Bonchev–Trinajstić information content (AvgIpc) is 2.89. The summed E-state index contributed by atoms with van der Waals surface area (Å²) < 4.78 is 0. The van der Waals surface area contributed by atoms with Gasteiger partial charge in [-0.15, -0.1) is 0 Å². The van der Waals surface area contributed by atoms with Crippen molar-refractivity contribution in [2.45, 2.75) is 44.9 Å². The Hall–Kier alpha value is -0.830. The van der Waals surface area contributed by atoms with Gasteiger partial charge in [0.05, 0.1) is 5.69 Å². The van der Waals surface area contributed by atoms with Crippen molar-refractivity contribution in [1.29, 1.82) is 0 Å². The second-order valence-electron chi connectivity index (χ2n) is 4.72. The molecule has 0 saturated heterocycles. The SMILES string of the molecule is CCCc1nc(C2(CNC)CC2)[nH]c1C. The molecule has 1 aliphatic rings. The number of nitrogens with one attached hydrogen (secondary N) is 2. The van der Waals surface area contributed by atoms with E-state index >= 15 is 0 Å². The summed E-state index contributed by atoms with van der Waals surface area (Å²) in [6.45, 7) is 5.39. The predicted molar refractivity (Wildman–Crippen MR) is 62.2 cm³/mol. The van der Waals surface area contributed by atoms with Gasteiger partial charge in [0.15, 0.2) is 0 Å². The fraction of sp³-hybridized carbons (Fsp3) is 0.750. The monoisotopic (exact) mass is 207 g/mol. The van der Waals surface area contributed by atoms with Gasteiger partial charge in [-0.1, -0.05) is 13.3 Å². The van der Waals surface area contributed by atoms with Crippen molar-refractivity contribution < 1.29 is 0 Å². The van der Waals surface area contributed by atoms with E-state index in [-0.39, 0.29) is 0 Å². The zero-order valence-corrected chi connectivity index (χ0v) is 9.98. The largest absolute Gasteiger partial charge is 0.345 e. The highest BCUT2D eigenvalue weighted by atomic mass is 15.0. The number of rotatable bonds is 5. The summed E-state index contributed by atoms with van der Waals surface area (Å²) in [6, 6.07) is 0. The minimum absolute atomic E-state index is 0.325. The molecule has 1 heterocycles. The average molecular weight is 207 g/mol. The Morgan fingerprint density at radius 3 is 2.73 bits per heavy atom. The Labute approximate surface area is 91.7 Å². The molecular weight excluding hydrogens is 186 g/mol. The van der Waals surface area contributed by atoms with E-state index in [1.165, 1.54) is 36.5 Å². The van der Waals surface area contributed by atoms with E-state index in [1.54, 1.807) is 0 Å². The predicted octanol–water partition coefficient (Wildman–Crippen LogP) is 1.92. The number of aromatic amines is 1. The van der Waals surface area contributed by atoms with Gasteiger partial charge in [-0.3, -0.25) is 0 Å². The first-order valence-corrected chi connectivity index (χ1v) is 5.92. The maximum absolute atomic E-state index is 4.76. The fourth-order valence-electron chi connectivity index (χ4n) is 2.21. The molecule has 2 N–H and O–H groups in total. The van der Waals surface area contributed by atoms with Gasteiger partial charge in [0.2, 0.25) is 0 Å². The van der Waals surface area contributed by atoms with Gasteiger partial charge in [-0.2, -0.15) is 0 Å². The summed E-state index contributed by atoms with van der Waals surface area (Å²) in [5, 5.41) is 3.27. The lowest BCUT2D eigenvalue weighted by Crippen LogP contribution is -2.24. The number of H-pyrrole nitrogens is 1. The van der Waals surface area contributed by atoms with E-state index in [0.717, 1.165) is 13.0 Å². The lowest BCUT2D eigenvalue weighted by molar-refractivity contribution is 0.592. The number of aryl methyl sites for hydroxylation is 2. The van der Waals surface area contributed by atoms with Crippen LogP contribution in [0.15, 0.2) is 0 Å². The van der Waals surface area contributed by atoms with E-state index < -0.39 is 0 Å². The van der Waals surface area contributed by atoms with Crippen molar-refractivity contribution >= 4 is 0 Å². The van der Waals surface area contributed by atoms with Crippen molar-refractivity contribution in [2.24, 2.45) is 0 Å². The minimum atomic E-state index is 0.325. The summed E-state index contributed by atoms with van der Waals surface area (Å²) in [5.74, 6) is 1.21. The van der Waals surface area contributed by atoms with E-state index in [9.17, 15) is 0 Å².